The summed E-state index contributed by atoms with van der Waals surface area (Å²) >= 11 is 0.971. The number of rotatable bonds is 9. The summed E-state index contributed by atoms with van der Waals surface area (Å²) in [5, 5.41) is 13.1. The first-order valence-corrected chi connectivity index (χ1v) is 16.9. The van der Waals surface area contributed by atoms with Crippen molar-refractivity contribution in [3.63, 3.8) is 0 Å². The molecule has 3 aromatic heterocycles. The summed E-state index contributed by atoms with van der Waals surface area (Å²) in [5.41, 5.74) is 0.829. The molecule has 0 atom stereocenters. The Kier molecular flexibility index (Phi) is 9.70. The molecule has 4 N–H and O–H groups in total. The molecule has 1 aliphatic heterocycles. The van der Waals surface area contributed by atoms with Crippen molar-refractivity contribution < 1.29 is 28.3 Å². The number of benzene rings is 2. The number of nitrogens with zero attached hydrogens (tertiary/aromatic N) is 4. The summed E-state index contributed by atoms with van der Waals surface area (Å²) in [6.07, 6.45) is 0.832. The molecule has 1 aliphatic rings. The molecule has 1 saturated heterocycles. The van der Waals surface area contributed by atoms with Crippen LogP contribution in [-0.4, -0.2) is 83.3 Å². The Morgan fingerprint density at radius 1 is 0.960 bits per heavy atom. The molecule has 1 fully saturated rings. The van der Waals surface area contributed by atoms with Gasteiger partial charge in [0.25, 0.3) is 17.7 Å². The first-order valence-electron chi connectivity index (χ1n) is 16.1. The molecule has 0 unspecified atom stereocenters. The zero-order valence-electron chi connectivity index (χ0n) is 28.0. The minimum Gasteiger partial charge on any atom is -0.448 e. The van der Waals surface area contributed by atoms with E-state index in [1.54, 1.807) is 69.4 Å². The zero-order chi connectivity index (χ0) is 35.6. The van der Waals surface area contributed by atoms with E-state index in [2.05, 4.69) is 42.9 Å². The number of carbonyl (C=O) groups is 4. The van der Waals surface area contributed by atoms with Crippen molar-refractivity contribution in [2.45, 2.75) is 26.3 Å². The summed E-state index contributed by atoms with van der Waals surface area (Å²) in [6.45, 7) is 8.38. The number of halogens is 1. The zero-order valence-corrected chi connectivity index (χ0v) is 28.8. The Balaban J connectivity index is 1.32. The number of nitrogens with one attached hydrogen (secondary N) is 4. The number of amides is 3. The summed E-state index contributed by atoms with van der Waals surface area (Å²) < 4.78 is 20.8. The number of thiophene rings is 1. The number of fused-ring (bicyclic) bond motifs is 1. The predicted octanol–water partition coefficient (Wildman–Crippen LogP) is 5.49. The van der Waals surface area contributed by atoms with E-state index in [4.69, 9.17) is 4.74 Å². The van der Waals surface area contributed by atoms with Crippen molar-refractivity contribution >= 4 is 62.6 Å². The third-order valence-corrected chi connectivity index (χ3v) is 9.55. The number of hydrogen-bond acceptors (Lipinski definition) is 9. The van der Waals surface area contributed by atoms with E-state index >= 15 is 0 Å². The average molecular weight is 701 g/mol. The van der Waals surface area contributed by atoms with Crippen LogP contribution >= 0.6 is 11.3 Å². The van der Waals surface area contributed by atoms with Crippen molar-refractivity contribution in [1.29, 1.82) is 0 Å². The van der Waals surface area contributed by atoms with Gasteiger partial charge in [-0.3, -0.25) is 14.4 Å². The van der Waals surface area contributed by atoms with Gasteiger partial charge in [0.05, 0.1) is 33.7 Å². The lowest BCUT2D eigenvalue weighted by Gasteiger charge is -2.34. The van der Waals surface area contributed by atoms with Crippen molar-refractivity contribution in [2.24, 2.45) is 0 Å². The predicted molar refractivity (Wildman–Crippen MR) is 190 cm³/mol. The monoisotopic (exact) mass is 700 g/mol. The molecule has 0 bridgehead atoms. The lowest BCUT2D eigenvalue weighted by atomic mass is 9.93. The van der Waals surface area contributed by atoms with Gasteiger partial charge in [-0.25, -0.2) is 9.18 Å². The highest BCUT2D eigenvalue weighted by Gasteiger charge is 2.29. The molecular formula is C35H37FN8O5S. The highest BCUT2D eigenvalue weighted by atomic mass is 32.1. The largest absolute Gasteiger partial charge is 0.448 e. The molecule has 3 amide bonds. The van der Waals surface area contributed by atoms with E-state index in [1.165, 1.54) is 12.1 Å². The van der Waals surface area contributed by atoms with Gasteiger partial charge in [-0.2, -0.15) is 4.68 Å². The second-order valence-electron chi connectivity index (χ2n) is 12.4. The molecule has 50 heavy (non-hydrogen) atoms. The van der Waals surface area contributed by atoms with Gasteiger partial charge in [0.2, 0.25) is 0 Å². The number of likely N-dealkylation sites (N-methyl/N-ethyl adjacent to an activating group) is 1. The van der Waals surface area contributed by atoms with Crippen LogP contribution in [0.4, 0.5) is 26.4 Å². The maximum Gasteiger partial charge on any atom is 0.436 e. The molecule has 4 heterocycles. The molecular weight excluding hydrogens is 664 g/mol. The van der Waals surface area contributed by atoms with Crippen LogP contribution in [0.25, 0.3) is 10.2 Å². The quantitative estimate of drug-likeness (QED) is 0.158. The minimum absolute atomic E-state index is 0.00602. The van der Waals surface area contributed by atoms with Gasteiger partial charge in [0.1, 0.15) is 16.3 Å². The maximum absolute atomic E-state index is 14.6. The number of aromatic nitrogens is 3. The molecule has 6 rings (SSSR count). The SMILES string of the molecule is CCOC(=O)n1nc(NC(=O)c2ccc(N3CCN(C)CC3)cc2NC(=O)c2ccc[nH]2)c2cc(C(=O)NC(C)(C)c3ccccc3F)sc21. The Labute approximate surface area is 291 Å². The summed E-state index contributed by atoms with van der Waals surface area (Å²) in [4.78, 5) is 61.2. The van der Waals surface area contributed by atoms with Crippen LogP contribution in [0, 0.1) is 5.82 Å². The summed E-state index contributed by atoms with van der Waals surface area (Å²) in [5.74, 6) is -2.00. The van der Waals surface area contributed by atoms with E-state index in [0.29, 0.717) is 16.6 Å². The average Bonchev–Trinajstić information content (AvgIpc) is 3.84. The topological polar surface area (TPSA) is 154 Å². The highest BCUT2D eigenvalue weighted by molar-refractivity contribution is 7.20. The molecule has 260 valence electrons. The van der Waals surface area contributed by atoms with E-state index < -0.39 is 35.2 Å². The molecule has 5 aromatic rings. The fraction of sp³-hybridized carbons (Fsp3) is 0.286. The van der Waals surface area contributed by atoms with E-state index in [0.717, 1.165) is 47.9 Å². The van der Waals surface area contributed by atoms with E-state index in [9.17, 15) is 23.6 Å². The normalized spacial score (nSPS) is 13.7. The molecule has 0 aliphatic carbocycles. The number of ether oxygens (including phenoxy) is 1. The summed E-state index contributed by atoms with van der Waals surface area (Å²) in [6, 6.07) is 16.2. The van der Waals surface area contributed by atoms with Crippen LogP contribution in [0.1, 0.15) is 56.9 Å². The van der Waals surface area contributed by atoms with Gasteiger partial charge in [0.15, 0.2) is 5.82 Å². The lowest BCUT2D eigenvalue weighted by Crippen LogP contribution is -2.44. The fourth-order valence-corrected chi connectivity index (χ4v) is 6.73. The van der Waals surface area contributed by atoms with Crippen LogP contribution in [0.5, 0.6) is 0 Å². The number of hydrogen-bond donors (Lipinski definition) is 4. The van der Waals surface area contributed by atoms with Crippen LogP contribution in [0.2, 0.25) is 0 Å². The second-order valence-corrected chi connectivity index (χ2v) is 13.4. The van der Waals surface area contributed by atoms with Gasteiger partial charge < -0.3 is 35.5 Å². The van der Waals surface area contributed by atoms with Gasteiger partial charge >= 0.3 is 6.09 Å². The number of aromatic amines is 1. The lowest BCUT2D eigenvalue weighted by molar-refractivity contribution is 0.0913. The summed E-state index contributed by atoms with van der Waals surface area (Å²) in [7, 11) is 2.06. The molecule has 0 radical (unpaired) electrons. The van der Waals surface area contributed by atoms with Crippen LogP contribution in [-0.2, 0) is 10.3 Å². The van der Waals surface area contributed by atoms with Crippen molar-refractivity contribution in [3.05, 3.63) is 94.4 Å². The first kappa shape index (κ1) is 34.3. The number of H-pyrrole nitrogens is 1. The minimum atomic E-state index is -1.07. The Hall–Kier alpha value is -5.54. The standard InChI is InChI=1S/C35H37FN8O5S/c1-5-49-34(48)44-33-23(20-28(50-33)32(47)40-35(2,3)24-9-6-7-10-25(24)36)29(41-44)39-30(45)22-13-12-21(43-17-15-42(4)16-18-43)19-27(22)38-31(46)26-11-8-14-37-26/h6-14,19-20,37H,5,15-18H2,1-4H3,(H,38,46)(H,40,47)(H,39,41,45). The number of piperazine rings is 1. The third kappa shape index (κ3) is 7.09. The van der Waals surface area contributed by atoms with Crippen molar-refractivity contribution in [3.8, 4) is 0 Å². The first-order chi connectivity index (χ1) is 23.9. The van der Waals surface area contributed by atoms with Gasteiger partial charge in [0, 0.05) is 43.6 Å². The Bertz CT molecular complexity index is 2060. The van der Waals surface area contributed by atoms with Crippen LogP contribution in [0.15, 0.2) is 66.9 Å². The molecule has 0 spiro atoms. The number of carbonyl (C=O) groups excluding carboxylic acids is 4. The molecule has 13 nitrogen and oxygen atoms in total. The smallest absolute Gasteiger partial charge is 0.436 e. The van der Waals surface area contributed by atoms with Crippen LogP contribution < -0.4 is 20.9 Å². The third-order valence-electron chi connectivity index (χ3n) is 8.44. The van der Waals surface area contributed by atoms with Crippen molar-refractivity contribution in [2.75, 3.05) is 55.4 Å². The Morgan fingerprint density at radius 3 is 2.42 bits per heavy atom. The molecule has 2 aromatic carbocycles. The number of anilines is 3. The molecule has 0 saturated carbocycles. The highest BCUT2D eigenvalue weighted by Crippen LogP contribution is 2.34. The van der Waals surface area contributed by atoms with E-state index in [-0.39, 0.29) is 33.4 Å². The van der Waals surface area contributed by atoms with E-state index in [1.807, 2.05) is 6.07 Å². The molecule has 15 heteroatoms. The van der Waals surface area contributed by atoms with Crippen molar-refractivity contribution in [1.82, 2.24) is 25.0 Å². The second kappa shape index (κ2) is 14.1. The fourth-order valence-electron chi connectivity index (χ4n) is 5.73. The van der Waals surface area contributed by atoms with Crippen LogP contribution in [0.3, 0.4) is 0 Å². The van der Waals surface area contributed by atoms with Gasteiger partial charge in [-0.15, -0.1) is 16.4 Å². The Morgan fingerprint density at radius 2 is 1.72 bits per heavy atom. The maximum atomic E-state index is 14.6. The van der Waals surface area contributed by atoms with Gasteiger partial charge in [-0.1, -0.05) is 18.2 Å². The van der Waals surface area contributed by atoms with Gasteiger partial charge in [-0.05, 0) is 70.3 Å².